The molecule has 246 valence electrons. The Hall–Kier alpha value is -5.53. The Balaban J connectivity index is 1.45. The van der Waals surface area contributed by atoms with Crippen LogP contribution >= 0.6 is 0 Å². The molecule has 1 nitrogen and oxygen atoms in total. The van der Waals surface area contributed by atoms with Gasteiger partial charge in [-0.15, -0.1) is 0 Å². The highest BCUT2D eigenvalue weighted by Gasteiger charge is 2.17. The first-order valence-corrected chi connectivity index (χ1v) is 17.6. The molecule has 7 rings (SSSR count). The first-order valence-electron chi connectivity index (χ1n) is 17.6. The molecule has 0 N–H and O–H groups in total. The van der Waals surface area contributed by atoms with Gasteiger partial charge in [0.2, 0.25) is 0 Å². The van der Waals surface area contributed by atoms with Crippen LogP contribution in [0.2, 0.25) is 0 Å². The Morgan fingerprint density at radius 3 is 0.700 bits per heavy atom. The summed E-state index contributed by atoms with van der Waals surface area (Å²) in [6.07, 6.45) is 0. The predicted octanol–water partition coefficient (Wildman–Crippen LogP) is 13.6. The van der Waals surface area contributed by atoms with Crippen molar-refractivity contribution in [1.29, 1.82) is 0 Å². The number of hydrogen-bond donors (Lipinski definition) is 0. The lowest BCUT2D eigenvalue weighted by atomic mass is 9.88. The molecule has 0 aliphatic rings. The predicted molar refractivity (Wildman–Crippen MR) is 215 cm³/mol. The number of aryl methyl sites for hydroxylation is 8. The van der Waals surface area contributed by atoms with Gasteiger partial charge in [-0.1, -0.05) is 78.9 Å². The Kier molecular flexibility index (Phi) is 8.85. The topological polar surface area (TPSA) is 12.9 Å². The summed E-state index contributed by atoms with van der Waals surface area (Å²) in [5.41, 5.74) is 24.4. The molecule has 0 fully saturated rings. The fourth-order valence-electron chi connectivity index (χ4n) is 7.96. The summed E-state index contributed by atoms with van der Waals surface area (Å²) in [6, 6.07) is 46.8. The van der Waals surface area contributed by atoms with E-state index in [1.54, 1.807) is 0 Å². The van der Waals surface area contributed by atoms with Crippen molar-refractivity contribution >= 4 is 0 Å². The van der Waals surface area contributed by atoms with Crippen LogP contribution in [0, 0.1) is 55.4 Å². The lowest BCUT2D eigenvalue weighted by Crippen LogP contribution is -1.96. The van der Waals surface area contributed by atoms with Crippen LogP contribution < -0.4 is 0 Å². The Morgan fingerprint density at radius 1 is 0.260 bits per heavy atom. The van der Waals surface area contributed by atoms with Crippen molar-refractivity contribution < 1.29 is 0 Å². The minimum atomic E-state index is 0.967. The molecule has 0 saturated heterocycles. The van der Waals surface area contributed by atoms with Gasteiger partial charge in [0.25, 0.3) is 0 Å². The maximum atomic E-state index is 5.43. The van der Waals surface area contributed by atoms with Gasteiger partial charge in [0.15, 0.2) is 0 Å². The third kappa shape index (κ3) is 6.21. The Labute approximate surface area is 298 Å². The Bertz CT molecular complexity index is 2020. The summed E-state index contributed by atoms with van der Waals surface area (Å²) in [4.78, 5) is 5.43. The zero-order valence-electron chi connectivity index (χ0n) is 30.6. The van der Waals surface area contributed by atoms with E-state index in [0.717, 1.165) is 22.5 Å². The molecule has 1 heteroatoms. The largest absolute Gasteiger partial charge is 0.248 e. The molecule has 0 saturated carbocycles. The summed E-state index contributed by atoms with van der Waals surface area (Å²) in [5.74, 6) is 0. The van der Waals surface area contributed by atoms with Crippen LogP contribution in [-0.2, 0) is 0 Å². The number of pyridine rings is 1. The van der Waals surface area contributed by atoms with E-state index in [0.29, 0.717) is 0 Å². The minimum Gasteiger partial charge on any atom is -0.248 e. The van der Waals surface area contributed by atoms with Crippen LogP contribution in [0.4, 0.5) is 0 Å². The van der Waals surface area contributed by atoms with E-state index >= 15 is 0 Å². The average molecular weight is 648 g/mol. The molecule has 0 bridgehead atoms. The van der Waals surface area contributed by atoms with Gasteiger partial charge < -0.3 is 0 Å². The van der Waals surface area contributed by atoms with Gasteiger partial charge in [-0.05, 0) is 193 Å². The van der Waals surface area contributed by atoms with Gasteiger partial charge in [-0.2, -0.15) is 0 Å². The first kappa shape index (κ1) is 33.0. The van der Waals surface area contributed by atoms with Crippen LogP contribution in [0.5, 0.6) is 0 Å². The van der Waals surface area contributed by atoms with E-state index in [1.807, 2.05) is 0 Å². The third-order valence-electron chi connectivity index (χ3n) is 10.3. The van der Waals surface area contributed by atoms with E-state index in [1.165, 1.54) is 89.0 Å². The molecule has 0 aliphatic carbocycles. The molecular weight excluding hydrogens is 603 g/mol. The van der Waals surface area contributed by atoms with Gasteiger partial charge in [0, 0.05) is 11.1 Å². The summed E-state index contributed by atoms with van der Waals surface area (Å²) in [7, 11) is 0. The molecule has 0 spiro atoms. The maximum Gasteiger partial charge on any atom is 0.0709 e. The molecule has 6 aromatic carbocycles. The quantitative estimate of drug-likeness (QED) is 0.175. The van der Waals surface area contributed by atoms with Crippen LogP contribution in [0.25, 0.3) is 67.0 Å². The van der Waals surface area contributed by atoms with Crippen molar-refractivity contribution in [2.75, 3.05) is 0 Å². The number of aromatic nitrogens is 1. The molecule has 0 unspecified atom stereocenters. The molecule has 0 aliphatic heterocycles. The Morgan fingerprint density at radius 2 is 0.460 bits per heavy atom. The zero-order valence-corrected chi connectivity index (χ0v) is 30.6. The summed E-state index contributed by atoms with van der Waals surface area (Å²) in [5, 5.41) is 0. The number of benzene rings is 6. The lowest BCUT2D eigenvalue weighted by molar-refractivity contribution is 1.31. The van der Waals surface area contributed by atoms with Crippen molar-refractivity contribution in [3.8, 4) is 67.0 Å². The van der Waals surface area contributed by atoms with E-state index in [-0.39, 0.29) is 0 Å². The second-order valence-electron chi connectivity index (χ2n) is 14.1. The monoisotopic (exact) mass is 647 g/mol. The zero-order chi connectivity index (χ0) is 35.1. The molecule has 7 aromatic rings. The van der Waals surface area contributed by atoms with Crippen molar-refractivity contribution in [3.05, 3.63) is 172 Å². The summed E-state index contributed by atoms with van der Waals surface area (Å²) in [6.45, 7) is 17.7. The minimum absolute atomic E-state index is 0.967. The smallest absolute Gasteiger partial charge is 0.0709 e. The molecule has 1 heterocycles. The first-order chi connectivity index (χ1) is 24.1. The summed E-state index contributed by atoms with van der Waals surface area (Å²) < 4.78 is 0. The van der Waals surface area contributed by atoms with Crippen molar-refractivity contribution in [3.63, 3.8) is 0 Å². The normalized spacial score (nSPS) is 11.2. The number of hydrogen-bond acceptors (Lipinski definition) is 1. The van der Waals surface area contributed by atoms with E-state index in [2.05, 4.69) is 183 Å². The fourth-order valence-corrected chi connectivity index (χ4v) is 7.96. The van der Waals surface area contributed by atoms with Crippen molar-refractivity contribution in [2.24, 2.45) is 0 Å². The standard InChI is InChI=1S/C49H45N/c1-30-14-9-15-31(2)46(30)40-24-38(25-41(28-40)47-32(3)16-10-17-33(47)4)44-22-13-23-45(50-44)39-26-42(48-34(5)18-11-19-35(48)6)29-43(27-39)49-36(7)20-12-21-37(49)8/h9-29H,1-8H3. The van der Waals surface area contributed by atoms with Gasteiger partial charge >= 0.3 is 0 Å². The average Bonchev–Trinajstić information content (AvgIpc) is 3.08. The molecule has 1 aromatic heterocycles. The van der Waals surface area contributed by atoms with E-state index in [4.69, 9.17) is 4.98 Å². The molecular formula is C49H45N. The molecule has 0 radical (unpaired) electrons. The van der Waals surface area contributed by atoms with Crippen molar-refractivity contribution in [1.82, 2.24) is 4.98 Å². The van der Waals surface area contributed by atoms with Gasteiger partial charge in [0.05, 0.1) is 11.4 Å². The maximum absolute atomic E-state index is 5.43. The van der Waals surface area contributed by atoms with Gasteiger partial charge in [-0.3, -0.25) is 0 Å². The van der Waals surface area contributed by atoms with Crippen LogP contribution in [0.15, 0.2) is 127 Å². The SMILES string of the molecule is Cc1cccc(C)c1-c1cc(-c2cccc(-c3cc(-c4c(C)cccc4C)cc(-c4c(C)cccc4C)c3)n2)cc(-c2c(C)cccc2C)c1. The number of rotatable bonds is 6. The molecule has 50 heavy (non-hydrogen) atoms. The van der Waals surface area contributed by atoms with Gasteiger partial charge in [-0.25, -0.2) is 4.98 Å². The number of nitrogens with zero attached hydrogens (tertiary/aromatic N) is 1. The summed E-state index contributed by atoms with van der Waals surface area (Å²) >= 11 is 0. The van der Waals surface area contributed by atoms with Crippen LogP contribution in [0.3, 0.4) is 0 Å². The van der Waals surface area contributed by atoms with Crippen LogP contribution in [-0.4, -0.2) is 4.98 Å². The third-order valence-corrected chi connectivity index (χ3v) is 10.3. The molecule has 0 atom stereocenters. The molecule has 0 amide bonds. The second kappa shape index (κ2) is 13.4. The van der Waals surface area contributed by atoms with Gasteiger partial charge in [0.1, 0.15) is 0 Å². The fraction of sp³-hybridized carbons (Fsp3) is 0.163. The lowest BCUT2D eigenvalue weighted by Gasteiger charge is -2.18. The van der Waals surface area contributed by atoms with Crippen molar-refractivity contribution in [2.45, 2.75) is 55.4 Å². The highest BCUT2D eigenvalue weighted by molar-refractivity contribution is 5.87. The second-order valence-corrected chi connectivity index (χ2v) is 14.1. The van der Waals surface area contributed by atoms with Crippen LogP contribution in [0.1, 0.15) is 44.5 Å². The van der Waals surface area contributed by atoms with E-state index in [9.17, 15) is 0 Å². The highest BCUT2D eigenvalue weighted by Crippen LogP contribution is 2.40. The van der Waals surface area contributed by atoms with E-state index < -0.39 is 0 Å². The highest BCUT2D eigenvalue weighted by atomic mass is 14.7.